The molecule has 1 amide bonds. The molecule has 0 bridgehead atoms. The summed E-state index contributed by atoms with van der Waals surface area (Å²) in [7, 11) is 2.12. The van der Waals surface area contributed by atoms with Gasteiger partial charge in [-0.2, -0.15) is 0 Å². The monoisotopic (exact) mass is 359 g/mol. The van der Waals surface area contributed by atoms with Crippen molar-refractivity contribution < 1.29 is 9.53 Å². The third-order valence-corrected chi connectivity index (χ3v) is 5.81. The van der Waals surface area contributed by atoms with Crippen molar-refractivity contribution in [3.05, 3.63) is 35.9 Å². The van der Waals surface area contributed by atoms with Crippen LogP contribution in [0, 0.1) is 5.41 Å². The average molecular weight is 360 g/mol. The molecule has 26 heavy (non-hydrogen) atoms. The molecule has 144 valence electrons. The number of rotatable bonds is 5. The smallest absolute Gasteiger partial charge is 0.226 e. The Morgan fingerprint density at radius 1 is 1.23 bits per heavy atom. The average Bonchev–Trinajstić information content (AvgIpc) is 2.88. The summed E-state index contributed by atoms with van der Waals surface area (Å²) in [5, 5.41) is 3.18. The number of piperidine rings is 1. The Bertz CT molecular complexity index is 570. The van der Waals surface area contributed by atoms with Crippen molar-refractivity contribution in [3.8, 4) is 0 Å². The normalized spacial score (nSPS) is 24.8. The number of carbonyl (C=O) groups excluding carboxylic acids is 1. The highest BCUT2D eigenvalue weighted by atomic mass is 16.5. The van der Waals surface area contributed by atoms with Gasteiger partial charge in [-0.25, -0.2) is 0 Å². The molecular weight excluding hydrogens is 326 g/mol. The minimum absolute atomic E-state index is 0.0695. The Hall–Kier alpha value is -1.43. The standard InChI is InChI=1S/C21H33N3O2/c1-21(9-12-23(2)13-10-21)20(25)22-15-19-17-24(11-6-14-26-19)16-18-7-4-3-5-8-18/h3-5,7-8,19H,6,9-17H2,1-2H3,(H,22,25)/t19-/m0/s1. The number of amides is 1. The van der Waals surface area contributed by atoms with Gasteiger partial charge in [0.05, 0.1) is 6.10 Å². The molecule has 5 nitrogen and oxygen atoms in total. The highest BCUT2D eigenvalue weighted by molar-refractivity contribution is 5.82. The Morgan fingerprint density at radius 2 is 1.96 bits per heavy atom. The zero-order valence-corrected chi connectivity index (χ0v) is 16.2. The van der Waals surface area contributed by atoms with Gasteiger partial charge in [0.25, 0.3) is 0 Å². The predicted octanol–water partition coefficient (Wildman–Crippen LogP) is 2.13. The molecule has 0 unspecified atom stereocenters. The second kappa shape index (κ2) is 8.98. The minimum Gasteiger partial charge on any atom is -0.375 e. The van der Waals surface area contributed by atoms with E-state index in [4.69, 9.17) is 4.74 Å². The summed E-state index contributed by atoms with van der Waals surface area (Å²) in [4.78, 5) is 17.5. The molecule has 1 aromatic carbocycles. The van der Waals surface area contributed by atoms with Gasteiger partial charge in [-0.05, 0) is 45.0 Å². The van der Waals surface area contributed by atoms with Crippen molar-refractivity contribution in [1.82, 2.24) is 15.1 Å². The maximum absolute atomic E-state index is 12.7. The van der Waals surface area contributed by atoms with Gasteiger partial charge < -0.3 is 15.0 Å². The van der Waals surface area contributed by atoms with E-state index in [2.05, 4.69) is 59.4 Å². The lowest BCUT2D eigenvalue weighted by Crippen LogP contribution is -2.49. The quantitative estimate of drug-likeness (QED) is 0.875. The van der Waals surface area contributed by atoms with E-state index in [1.807, 2.05) is 0 Å². The molecule has 1 N–H and O–H groups in total. The lowest BCUT2D eigenvalue weighted by Gasteiger charge is -2.37. The summed E-state index contributed by atoms with van der Waals surface area (Å²) >= 11 is 0. The molecule has 2 aliphatic heterocycles. The number of hydrogen-bond donors (Lipinski definition) is 1. The summed E-state index contributed by atoms with van der Waals surface area (Å²) in [5.41, 5.74) is 1.09. The van der Waals surface area contributed by atoms with Crippen LogP contribution < -0.4 is 5.32 Å². The van der Waals surface area contributed by atoms with E-state index in [0.29, 0.717) is 6.54 Å². The lowest BCUT2D eigenvalue weighted by atomic mass is 9.79. The highest BCUT2D eigenvalue weighted by Crippen LogP contribution is 2.30. The van der Waals surface area contributed by atoms with Crippen LogP contribution in [0.4, 0.5) is 0 Å². The van der Waals surface area contributed by atoms with Crippen molar-refractivity contribution in [2.24, 2.45) is 5.41 Å². The fourth-order valence-electron chi connectivity index (χ4n) is 3.84. The van der Waals surface area contributed by atoms with Gasteiger partial charge in [0, 0.05) is 38.2 Å². The van der Waals surface area contributed by atoms with E-state index < -0.39 is 0 Å². The van der Waals surface area contributed by atoms with E-state index >= 15 is 0 Å². The number of ether oxygens (including phenoxy) is 1. The Kier molecular flexibility index (Phi) is 6.68. The molecule has 0 aliphatic carbocycles. The van der Waals surface area contributed by atoms with Gasteiger partial charge in [-0.3, -0.25) is 9.69 Å². The molecule has 1 aromatic rings. The number of hydrogen-bond acceptors (Lipinski definition) is 4. The molecule has 1 atom stereocenters. The molecule has 5 heteroatoms. The van der Waals surface area contributed by atoms with Crippen LogP contribution in [-0.2, 0) is 16.1 Å². The van der Waals surface area contributed by atoms with E-state index in [9.17, 15) is 4.79 Å². The number of nitrogens with zero attached hydrogens (tertiary/aromatic N) is 2. The van der Waals surface area contributed by atoms with Crippen molar-refractivity contribution in [2.45, 2.75) is 38.8 Å². The van der Waals surface area contributed by atoms with Crippen LogP contribution in [0.3, 0.4) is 0 Å². The van der Waals surface area contributed by atoms with E-state index in [-0.39, 0.29) is 17.4 Å². The number of benzene rings is 1. The van der Waals surface area contributed by atoms with Crippen molar-refractivity contribution in [2.75, 3.05) is 46.4 Å². The van der Waals surface area contributed by atoms with Crippen LogP contribution in [0.1, 0.15) is 31.7 Å². The fourth-order valence-corrected chi connectivity index (χ4v) is 3.84. The molecule has 0 spiro atoms. The molecule has 2 fully saturated rings. The summed E-state index contributed by atoms with van der Waals surface area (Å²) in [6.45, 7) is 8.33. The Labute approximate surface area is 157 Å². The van der Waals surface area contributed by atoms with Gasteiger partial charge in [0.2, 0.25) is 5.91 Å². The first kappa shape index (κ1) is 19.3. The first-order chi connectivity index (χ1) is 12.5. The third kappa shape index (κ3) is 5.29. The number of likely N-dealkylation sites (tertiary alicyclic amines) is 1. The molecule has 2 heterocycles. The van der Waals surface area contributed by atoms with Crippen LogP contribution in [-0.4, -0.2) is 68.2 Å². The van der Waals surface area contributed by atoms with Crippen molar-refractivity contribution in [1.29, 1.82) is 0 Å². The molecule has 0 aromatic heterocycles. The van der Waals surface area contributed by atoms with Crippen LogP contribution in [0.25, 0.3) is 0 Å². The third-order valence-electron chi connectivity index (χ3n) is 5.81. The molecule has 2 aliphatic rings. The number of nitrogens with one attached hydrogen (secondary N) is 1. The van der Waals surface area contributed by atoms with Gasteiger partial charge in [-0.1, -0.05) is 37.3 Å². The molecule has 0 saturated carbocycles. The highest BCUT2D eigenvalue weighted by Gasteiger charge is 2.36. The minimum atomic E-state index is -0.235. The summed E-state index contributed by atoms with van der Waals surface area (Å²) in [6, 6.07) is 10.6. The zero-order chi connectivity index (χ0) is 18.4. The van der Waals surface area contributed by atoms with E-state index in [1.54, 1.807) is 0 Å². The predicted molar refractivity (Wildman–Crippen MR) is 104 cm³/mol. The second-order valence-electron chi connectivity index (χ2n) is 8.14. The first-order valence-electron chi connectivity index (χ1n) is 9.90. The van der Waals surface area contributed by atoms with Crippen molar-refractivity contribution in [3.63, 3.8) is 0 Å². The van der Waals surface area contributed by atoms with Gasteiger partial charge in [-0.15, -0.1) is 0 Å². The molecule has 3 rings (SSSR count). The second-order valence-corrected chi connectivity index (χ2v) is 8.14. The van der Waals surface area contributed by atoms with Crippen LogP contribution in [0.15, 0.2) is 30.3 Å². The largest absolute Gasteiger partial charge is 0.375 e. The summed E-state index contributed by atoms with van der Waals surface area (Å²) in [5.74, 6) is 0.188. The number of carbonyl (C=O) groups is 1. The van der Waals surface area contributed by atoms with E-state index in [0.717, 1.165) is 58.6 Å². The van der Waals surface area contributed by atoms with Crippen LogP contribution >= 0.6 is 0 Å². The van der Waals surface area contributed by atoms with Gasteiger partial charge in [0.15, 0.2) is 0 Å². The lowest BCUT2D eigenvalue weighted by molar-refractivity contribution is -0.133. The Balaban J connectivity index is 1.49. The summed E-state index contributed by atoms with van der Waals surface area (Å²) in [6.07, 6.45) is 2.98. The van der Waals surface area contributed by atoms with Crippen LogP contribution in [0.2, 0.25) is 0 Å². The zero-order valence-electron chi connectivity index (χ0n) is 16.2. The topological polar surface area (TPSA) is 44.8 Å². The van der Waals surface area contributed by atoms with Gasteiger partial charge in [0.1, 0.15) is 0 Å². The maximum Gasteiger partial charge on any atom is 0.226 e. The molecular formula is C21H33N3O2. The van der Waals surface area contributed by atoms with E-state index in [1.165, 1.54) is 5.56 Å². The Morgan fingerprint density at radius 3 is 2.69 bits per heavy atom. The van der Waals surface area contributed by atoms with Crippen molar-refractivity contribution >= 4 is 5.91 Å². The molecule has 2 saturated heterocycles. The fraction of sp³-hybridized carbons (Fsp3) is 0.667. The first-order valence-corrected chi connectivity index (χ1v) is 9.90. The van der Waals surface area contributed by atoms with Gasteiger partial charge >= 0.3 is 0 Å². The SMILES string of the molecule is CN1CCC(C)(C(=O)NC[C@H]2CN(Cc3ccccc3)CCCO2)CC1. The summed E-state index contributed by atoms with van der Waals surface area (Å²) < 4.78 is 5.99. The maximum atomic E-state index is 12.7. The van der Waals surface area contributed by atoms with Crippen LogP contribution in [0.5, 0.6) is 0 Å². The molecule has 0 radical (unpaired) electrons.